The highest BCUT2D eigenvalue weighted by molar-refractivity contribution is 5.93. The lowest BCUT2D eigenvalue weighted by atomic mass is 9.99. The Morgan fingerprint density at radius 2 is 1.72 bits per heavy atom. The molecule has 0 radical (unpaired) electrons. The van der Waals surface area contributed by atoms with Crippen LogP contribution in [-0.4, -0.2) is 32.4 Å². The van der Waals surface area contributed by atoms with Crippen molar-refractivity contribution < 1.29 is 0 Å². The minimum atomic E-state index is 0.821. The van der Waals surface area contributed by atoms with E-state index in [4.69, 9.17) is 9.97 Å². The minimum absolute atomic E-state index is 0.821. The summed E-state index contributed by atoms with van der Waals surface area (Å²) in [6.07, 6.45) is 10.4. The van der Waals surface area contributed by atoms with E-state index in [2.05, 4.69) is 69.9 Å². The largest absolute Gasteiger partial charge is 0.357 e. The zero-order chi connectivity index (χ0) is 21.5. The second kappa shape index (κ2) is 7.75. The minimum Gasteiger partial charge on any atom is -0.357 e. The van der Waals surface area contributed by atoms with Gasteiger partial charge in [0.1, 0.15) is 11.5 Å². The highest BCUT2D eigenvalue weighted by Crippen LogP contribution is 2.30. The van der Waals surface area contributed by atoms with Crippen molar-refractivity contribution >= 4 is 22.4 Å². The summed E-state index contributed by atoms with van der Waals surface area (Å²) in [5, 5.41) is 1.13. The number of piperidine rings is 1. The normalized spacial score (nSPS) is 15.0. The fourth-order valence-corrected chi connectivity index (χ4v) is 4.66. The van der Waals surface area contributed by atoms with Crippen molar-refractivity contribution in [3.05, 3.63) is 79.4 Å². The average Bonchev–Trinajstić information content (AvgIpc) is 3.27. The van der Waals surface area contributed by atoms with E-state index >= 15 is 0 Å². The lowest BCUT2D eigenvalue weighted by molar-refractivity contribution is 0.436. The predicted octanol–water partition coefficient (Wildman–Crippen LogP) is 5.85. The maximum atomic E-state index is 4.76. The Morgan fingerprint density at radius 1 is 0.844 bits per heavy atom. The van der Waals surface area contributed by atoms with Gasteiger partial charge in [0.05, 0.1) is 17.4 Å². The molecule has 5 nitrogen and oxygen atoms in total. The molecule has 5 heterocycles. The van der Waals surface area contributed by atoms with E-state index < -0.39 is 0 Å². The summed E-state index contributed by atoms with van der Waals surface area (Å²) in [7, 11) is 0. The van der Waals surface area contributed by atoms with Crippen LogP contribution >= 0.6 is 0 Å². The number of rotatable bonds is 3. The maximum Gasteiger partial charge on any atom is 0.137 e. The molecule has 0 unspecified atom stereocenters. The van der Waals surface area contributed by atoms with Crippen molar-refractivity contribution in [1.82, 2.24) is 19.4 Å². The molecular weight excluding hydrogens is 394 g/mol. The monoisotopic (exact) mass is 419 g/mol. The molecule has 0 bridgehead atoms. The number of hydrogen-bond donors (Lipinski definition) is 0. The lowest BCUT2D eigenvalue weighted by Crippen LogP contribution is -2.33. The molecule has 1 aliphatic heterocycles. The fourth-order valence-electron chi connectivity index (χ4n) is 4.66. The van der Waals surface area contributed by atoms with E-state index in [0.29, 0.717) is 0 Å². The van der Waals surface area contributed by atoms with E-state index in [1.54, 1.807) is 0 Å². The molecule has 32 heavy (non-hydrogen) atoms. The smallest absolute Gasteiger partial charge is 0.137 e. The van der Waals surface area contributed by atoms with Crippen LogP contribution < -0.4 is 4.90 Å². The number of aromatic nitrogens is 4. The SMILES string of the molecule is CC1CCN(c2ccc(-c3ccn4c(-c5ccnc6ccccc56)cnc4c3)cn2)CC1. The van der Waals surface area contributed by atoms with E-state index in [0.717, 1.165) is 63.8 Å². The Kier molecular flexibility index (Phi) is 4.60. The number of pyridine rings is 3. The van der Waals surface area contributed by atoms with Gasteiger partial charge in [0.25, 0.3) is 0 Å². The summed E-state index contributed by atoms with van der Waals surface area (Å²) in [4.78, 5) is 16.3. The second-order valence-corrected chi connectivity index (χ2v) is 8.74. The zero-order valence-electron chi connectivity index (χ0n) is 18.1. The van der Waals surface area contributed by atoms with Crippen molar-refractivity contribution in [3.63, 3.8) is 0 Å². The van der Waals surface area contributed by atoms with Gasteiger partial charge in [0.15, 0.2) is 0 Å². The molecule has 0 atom stereocenters. The van der Waals surface area contributed by atoms with Crippen molar-refractivity contribution in [2.45, 2.75) is 19.8 Å². The molecule has 0 aliphatic carbocycles. The molecule has 0 N–H and O–H groups in total. The van der Waals surface area contributed by atoms with Crippen molar-refractivity contribution in [2.24, 2.45) is 5.92 Å². The third kappa shape index (κ3) is 3.30. The van der Waals surface area contributed by atoms with Crippen LogP contribution in [0.15, 0.2) is 79.4 Å². The van der Waals surface area contributed by atoms with Gasteiger partial charge in [0.2, 0.25) is 0 Å². The van der Waals surface area contributed by atoms with Crippen LogP contribution in [0.25, 0.3) is 38.9 Å². The van der Waals surface area contributed by atoms with Gasteiger partial charge in [-0.25, -0.2) is 9.97 Å². The summed E-state index contributed by atoms with van der Waals surface area (Å²) in [6.45, 7) is 4.53. The van der Waals surface area contributed by atoms with Crippen LogP contribution in [0.1, 0.15) is 19.8 Å². The Balaban J connectivity index is 1.33. The number of para-hydroxylation sites is 1. The Morgan fingerprint density at radius 3 is 2.56 bits per heavy atom. The summed E-state index contributed by atoms with van der Waals surface area (Å²) >= 11 is 0. The maximum absolute atomic E-state index is 4.76. The summed E-state index contributed by atoms with van der Waals surface area (Å²) in [5.74, 6) is 1.90. The van der Waals surface area contributed by atoms with Crippen LogP contribution in [0.4, 0.5) is 5.82 Å². The molecule has 5 aromatic rings. The van der Waals surface area contributed by atoms with Crippen molar-refractivity contribution in [2.75, 3.05) is 18.0 Å². The van der Waals surface area contributed by atoms with Gasteiger partial charge >= 0.3 is 0 Å². The Labute approximate surface area is 187 Å². The molecule has 1 aliphatic rings. The van der Waals surface area contributed by atoms with E-state index in [1.807, 2.05) is 30.7 Å². The van der Waals surface area contributed by atoms with Crippen LogP contribution in [0.3, 0.4) is 0 Å². The van der Waals surface area contributed by atoms with Crippen molar-refractivity contribution in [3.8, 4) is 22.4 Å². The van der Waals surface area contributed by atoms with Gasteiger partial charge in [-0.2, -0.15) is 0 Å². The first-order chi connectivity index (χ1) is 15.8. The lowest BCUT2D eigenvalue weighted by Gasteiger charge is -2.31. The molecule has 1 fully saturated rings. The summed E-state index contributed by atoms with van der Waals surface area (Å²) in [6, 6.07) is 18.9. The van der Waals surface area contributed by atoms with E-state index in [-0.39, 0.29) is 0 Å². The first-order valence-corrected chi connectivity index (χ1v) is 11.3. The number of nitrogens with zero attached hydrogens (tertiary/aromatic N) is 5. The number of fused-ring (bicyclic) bond motifs is 2. The van der Waals surface area contributed by atoms with Gasteiger partial charge in [0, 0.05) is 48.2 Å². The van der Waals surface area contributed by atoms with Gasteiger partial charge in [-0.1, -0.05) is 25.1 Å². The van der Waals surface area contributed by atoms with Gasteiger partial charge in [-0.15, -0.1) is 0 Å². The number of hydrogen-bond acceptors (Lipinski definition) is 4. The molecule has 6 rings (SSSR count). The molecule has 1 aromatic carbocycles. The molecule has 158 valence electrons. The number of benzene rings is 1. The van der Waals surface area contributed by atoms with E-state index in [9.17, 15) is 0 Å². The third-order valence-corrected chi connectivity index (χ3v) is 6.63. The molecule has 1 saturated heterocycles. The van der Waals surface area contributed by atoms with Gasteiger partial charge < -0.3 is 4.90 Å². The molecule has 4 aromatic heterocycles. The number of imidazole rings is 1. The van der Waals surface area contributed by atoms with Crippen LogP contribution in [0, 0.1) is 5.92 Å². The number of anilines is 1. The Hall–Kier alpha value is -3.73. The second-order valence-electron chi connectivity index (χ2n) is 8.74. The summed E-state index contributed by atoms with van der Waals surface area (Å²) in [5.41, 5.74) is 6.36. The third-order valence-electron chi connectivity index (χ3n) is 6.63. The standard InChI is InChI=1S/C27H25N5/c1-19-9-13-31(14-10-19)26-7-6-21(17-29-26)20-11-15-32-25(18-30-27(32)16-20)23-8-12-28-24-5-3-2-4-22(23)24/h2-8,11-12,15-19H,9-10,13-14H2,1H3. The highest BCUT2D eigenvalue weighted by Gasteiger charge is 2.17. The molecule has 5 heteroatoms. The van der Waals surface area contributed by atoms with Gasteiger partial charge in [-0.3, -0.25) is 9.38 Å². The van der Waals surface area contributed by atoms with E-state index in [1.165, 1.54) is 12.8 Å². The predicted molar refractivity (Wildman–Crippen MR) is 130 cm³/mol. The highest BCUT2D eigenvalue weighted by atomic mass is 15.2. The summed E-state index contributed by atoms with van der Waals surface area (Å²) < 4.78 is 2.14. The molecular formula is C27H25N5. The topological polar surface area (TPSA) is 46.3 Å². The first-order valence-electron chi connectivity index (χ1n) is 11.3. The molecule has 0 spiro atoms. The average molecular weight is 420 g/mol. The molecule has 0 saturated carbocycles. The quantitative estimate of drug-likeness (QED) is 0.368. The van der Waals surface area contributed by atoms with Crippen LogP contribution in [0.2, 0.25) is 0 Å². The van der Waals surface area contributed by atoms with Crippen LogP contribution in [0.5, 0.6) is 0 Å². The van der Waals surface area contributed by atoms with Gasteiger partial charge in [-0.05, 0) is 60.7 Å². The zero-order valence-corrected chi connectivity index (χ0v) is 18.1. The first kappa shape index (κ1) is 19.0. The van der Waals surface area contributed by atoms with Crippen molar-refractivity contribution in [1.29, 1.82) is 0 Å². The fraction of sp³-hybridized carbons (Fsp3) is 0.222. The Bertz CT molecular complexity index is 1390. The van der Waals surface area contributed by atoms with Crippen LogP contribution in [-0.2, 0) is 0 Å². The molecule has 0 amide bonds.